The summed E-state index contributed by atoms with van der Waals surface area (Å²) in [6, 6.07) is 11.0. The number of nitrogens with zero attached hydrogens (tertiary/aromatic N) is 3. The van der Waals surface area contributed by atoms with E-state index >= 15 is 0 Å². The van der Waals surface area contributed by atoms with Crippen molar-refractivity contribution in [3.63, 3.8) is 0 Å². The van der Waals surface area contributed by atoms with Crippen molar-refractivity contribution in [3.05, 3.63) is 47.6 Å². The molecule has 1 aromatic carbocycles. The summed E-state index contributed by atoms with van der Waals surface area (Å²) < 4.78 is 6.64. The summed E-state index contributed by atoms with van der Waals surface area (Å²) in [6.07, 6.45) is 2.46. The molecule has 3 rings (SSSR count). The van der Waals surface area contributed by atoms with Crippen molar-refractivity contribution < 1.29 is 14.3 Å². The molecule has 0 saturated heterocycles. The van der Waals surface area contributed by atoms with E-state index in [9.17, 15) is 9.59 Å². The molecule has 3 aromatic rings. The van der Waals surface area contributed by atoms with Gasteiger partial charge in [0.25, 0.3) is 0 Å². The van der Waals surface area contributed by atoms with Crippen LogP contribution in [0, 0.1) is 0 Å². The first kappa shape index (κ1) is 19.8. The Morgan fingerprint density at radius 3 is 2.89 bits per heavy atom. The summed E-state index contributed by atoms with van der Waals surface area (Å²) in [6.45, 7) is 2.58. The standard InChI is InChI=1S/C20H21ClN4O3/c1-2-28-18(27)9-5-10-22-17(26)13-25-19(14-6-3-7-15(21)12-14)24-16-8-4-11-23-20(16)25/h3-4,6-8,11-12H,2,5,9-10,13H2,1H3,(H,22,26). The number of carbonyl (C=O) groups is 2. The lowest BCUT2D eigenvalue weighted by Crippen LogP contribution is -2.29. The third-order valence-electron chi connectivity index (χ3n) is 4.07. The third kappa shape index (κ3) is 4.86. The van der Waals surface area contributed by atoms with Crippen molar-refractivity contribution in [1.29, 1.82) is 0 Å². The van der Waals surface area contributed by atoms with E-state index < -0.39 is 0 Å². The minimum atomic E-state index is -0.259. The Hall–Kier alpha value is -2.93. The summed E-state index contributed by atoms with van der Waals surface area (Å²) in [4.78, 5) is 32.8. The Kier molecular flexibility index (Phi) is 6.60. The molecule has 1 N–H and O–H groups in total. The molecule has 0 aliphatic rings. The molecule has 2 heterocycles. The largest absolute Gasteiger partial charge is 0.466 e. The number of amides is 1. The maximum absolute atomic E-state index is 12.4. The number of aromatic nitrogens is 3. The van der Waals surface area contributed by atoms with Crippen LogP contribution in [0.15, 0.2) is 42.6 Å². The smallest absolute Gasteiger partial charge is 0.305 e. The molecule has 0 atom stereocenters. The van der Waals surface area contributed by atoms with Crippen LogP contribution in [-0.2, 0) is 20.9 Å². The Balaban J connectivity index is 1.74. The van der Waals surface area contributed by atoms with Gasteiger partial charge in [0.15, 0.2) is 5.65 Å². The molecule has 2 aromatic heterocycles. The summed E-state index contributed by atoms with van der Waals surface area (Å²) in [5.74, 6) is 0.180. The van der Waals surface area contributed by atoms with Crippen molar-refractivity contribution >= 4 is 34.6 Å². The fourth-order valence-corrected chi connectivity index (χ4v) is 3.04. The molecule has 0 aliphatic heterocycles. The molecule has 28 heavy (non-hydrogen) atoms. The first-order valence-corrected chi connectivity index (χ1v) is 9.45. The number of carbonyl (C=O) groups excluding carboxylic acids is 2. The number of hydrogen-bond donors (Lipinski definition) is 1. The molecule has 146 valence electrons. The second kappa shape index (κ2) is 9.32. The maximum atomic E-state index is 12.4. The minimum Gasteiger partial charge on any atom is -0.466 e. The Morgan fingerprint density at radius 2 is 2.11 bits per heavy atom. The fraction of sp³-hybridized carbons (Fsp3) is 0.300. The zero-order valence-corrected chi connectivity index (χ0v) is 16.3. The van der Waals surface area contributed by atoms with E-state index in [4.69, 9.17) is 16.3 Å². The van der Waals surface area contributed by atoms with Gasteiger partial charge < -0.3 is 10.1 Å². The monoisotopic (exact) mass is 400 g/mol. The van der Waals surface area contributed by atoms with Gasteiger partial charge in [0.05, 0.1) is 6.61 Å². The van der Waals surface area contributed by atoms with Crippen LogP contribution in [0.1, 0.15) is 19.8 Å². The molecule has 1 amide bonds. The third-order valence-corrected chi connectivity index (χ3v) is 4.31. The number of halogens is 1. The van der Waals surface area contributed by atoms with Gasteiger partial charge in [-0.15, -0.1) is 0 Å². The number of ether oxygens (including phenoxy) is 1. The first-order valence-electron chi connectivity index (χ1n) is 9.08. The number of benzene rings is 1. The number of rotatable bonds is 8. The molecular weight excluding hydrogens is 380 g/mol. The summed E-state index contributed by atoms with van der Waals surface area (Å²) in [7, 11) is 0. The van der Waals surface area contributed by atoms with Crippen molar-refractivity contribution in [2.24, 2.45) is 0 Å². The van der Waals surface area contributed by atoms with Crippen LogP contribution >= 0.6 is 11.6 Å². The van der Waals surface area contributed by atoms with Crippen molar-refractivity contribution in [2.45, 2.75) is 26.3 Å². The number of pyridine rings is 1. The molecule has 0 spiro atoms. The van der Waals surface area contributed by atoms with Gasteiger partial charge in [-0.3, -0.25) is 14.2 Å². The average molecular weight is 401 g/mol. The highest BCUT2D eigenvalue weighted by Gasteiger charge is 2.16. The van der Waals surface area contributed by atoms with Gasteiger partial charge in [-0.25, -0.2) is 9.97 Å². The highest BCUT2D eigenvalue weighted by Crippen LogP contribution is 2.25. The van der Waals surface area contributed by atoms with Gasteiger partial charge in [-0.1, -0.05) is 23.7 Å². The lowest BCUT2D eigenvalue weighted by Gasteiger charge is -2.10. The number of nitrogens with one attached hydrogen (secondary N) is 1. The van der Waals surface area contributed by atoms with Crippen LogP contribution in [0.5, 0.6) is 0 Å². The minimum absolute atomic E-state index is 0.0643. The molecule has 0 unspecified atom stereocenters. The van der Waals surface area contributed by atoms with Gasteiger partial charge in [-0.2, -0.15) is 0 Å². The summed E-state index contributed by atoms with van der Waals surface area (Å²) >= 11 is 6.11. The van der Waals surface area contributed by atoms with E-state index in [0.29, 0.717) is 41.6 Å². The van der Waals surface area contributed by atoms with Gasteiger partial charge in [0.1, 0.15) is 17.9 Å². The summed E-state index contributed by atoms with van der Waals surface area (Å²) in [5.41, 5.74) is 2.13. The highest BCUT2D eigenvalue weighted by molar-refractivity contribution is 6.30. The van der Waals surface area contributed by atoms with Crippen LogP contribution in [-0.4, -0.2) is 39.6 Å². The Morgan fingerprint density at radius 1 is 1.25 bits per heavy atom. The van der Waals surface area contributed by atoms with Crippen molar-refractivity contribution in [3.8, 4) is 11.4 Å². The molecular formula is C20H21ClN4O3. The van der Waals surface area contributed by atoms with Crippen LogP contribution in [0.4, 0.5) is 0 Å². The zero-order chi connectivity index (χ0) is 19.9. The molecule has 0 aliphatic carbocycles. The number of imidazole rings is 1. The van der Waals surface area contributed by atoms with E-state index in [1.807, 2.05) is 18.2 Å². The van der Waals surface area contributed by atoms with Crippen molar-refractivity contribution in [2.75, 3.05) is 13.2 Å². The lowest BCUT2D eigenvalue weighted by molar-refractivity contribution is -0.143. The Bertz CT molecular complexity index is 986. The molecule has 0 radical (unpaired) electrons. The fourth-order valence-electron chi connectivity index (χ4n) is 2.85. The Labute approximate surface area is 167 Å². The van der Waals surface area contributed by atoms with Crippen LogP contribution in [0.25, 0.3) is 22.6 Å². The van der Waals surface area contributed by atoms with Crippen LogP contribution < -0.4 is 5.32 Å². The van der Waals surface area contributed by atoms with E-state index in [1.54, 1.807) is 35.9 Å². The topological polar surface area (TPSA) is 86.1 Å². The average Bonchev–Trinajstić information content (AvgIpc) is 3.04. The predicted molar refractivity (Wildman–Crippen MR) is 107 cm³/mol. The van der Waals surface area contributed by atoms with Gasteiger partial charge >= 0.3 is 5.97 Å². The van der Waals surface area contributed by atoms with Gasteiger partial charge in [-0.05, 0) is 37.6 Å². The second-order valence-corrected chi connectivity index (χ2v) is 6.57. The van der Waals surface area contributed by atoms with E-state index in [1.165, 1.54) is 0 Å². The molecule has 0 fully saturated rings. The van der Waals surface area contributed by atoms with E-state index in [0.717, 1.165) is 5.56 Å². The van der Waals surface area contributed by atoms with E-state index in [-0.39, 0.29) is 24.8 Å². The zero-order valence-electron chi connectivity index (χ0n) is 15.5. The normalized spacial score (nSPS) is 10.8. The van der Waals surface area contributed by atoms with E-state index in [2.05, 4.69) is 15.3 Å². The van der Waals surface area contributed by atoms with Crippen molar-refractivity contribution in [1.82, 2.24) is 19.9 Å². The molecule has 8 heteroatoms. The lowest BCUT2D eigenvalue weighted by atomic mass is 10.2. The first-order chi connectivity index (χ1) is 13.6. The molecule has 0 saturated carbocycles. The number of esters is 1. The molecule has 0 bridgehead atoms. The SMILES string of the molecule is CCOC(=O)CCCNC(=O)Cn1c(-c2cccc(Cl)c2)nc2cccnc21. The van der Waals surface area contributed by atoms with Gasteiger partial charge in [0.2, 0.25) is 5.91 Å². The van der Waals surface area contributed by atoms with Crippen LogP contribution in [0.2, 0.25) is 5.02 Å². The van der Waals surface area contributed by atoms with Gasteiger partial charge in [0, 0.05) is 29.7 Å². The predicted octanol–water partition coefficient (Wildman–Crippen LogP) is 3.21. The second-order valence-electron chi connectivity index (χ2n) is 6.14. The highest BCUT2D eigenvalue weighted by atomic mass is 35.5. The maximum Gasteiger partial charge on any atom is 0.305 e. The number of hydrogen-bond acceptors (Lipinski definition) is 5. The quantitative estimate of drug-likeness (QED) is 0.463. The summed E-state index contributed by atoms with van der Waals surface area (Å²) in [5, 5.41) is 3.41. The number of fused-ring (bicyclic) bond motifs is 1. The molecule has 7 nitrogen and oxygen atoms in total. The van der Waals surface area contributed by atoms with Crippen LogP contribution in [0.3, 0.4) is 0 Å².